The fourth-order valence-electron chi connectivity index (χ4n) is 3.51. The van der Waals surface area contributed by atoms with Crippen molar-refractivity contribution in [2.45, 2.75) is 33.3 Å². The molecule has 0 saturated carbocycles. The Morgan fingerprint density at radius 2 is 1.82 bits per heavy atom. The van der Waals surface area contributed by atoms with Crippen LogP contribution in [0.3, 0.4) is 0 Å². The van der Waals surface area contributed by atoms with Crippen LogP contribution in [-0.2, 0) is 4.74 Å². The van der Waals surface area contributed by atoms with Gasteiger partial charge >= 0.3 is 6.09 Å². The van der Waals surface area contributed by atoms with Crippen molar-refractivity contribution >= 4 is 34.7 Å². The smallest absolute Gasteiger partial charge is 0.410 e. The number of anilines is 1. The van der Waals surface area contributed by atoms with Crippen LogP contribution in [-0.4, -0.2) is 57.5 Å². The molecule has 0 aliphatic carbocycles. The van der Waals surface area contributed by atoms with Gasteiger partial charge in [0.25, 0.3) is 5.56 Å². The van der Waals surface area contributed by atoms with Gasteiger partial charge in [0.05, 0.1) is 16.9 Å². The zero-order valence-electron chi connectivity index (χ0n) is 19.4. The maximum Gasteiger partial charge on any atom is 0.410 e. The summed E-state index contributed by atoms with van der Waals surface area (Å²) in [5.41, 5.74) is 1.66. The first kappa shape index (κ1) is 22.8. The molecule has 3 heterocycles. The average molecular weight is 468 g/mol. The molecule has 4 rings (SSSR count). The fraction of sp³-hybridized carbons (Fsp3) is 0.375. The molecule has 3 aromatic rings. The third-order valence-corrected chi connectivity index (χ3v) is 6.28. The van der Waals surface area contributed by atoms with Crippen LogP contribution in [0.5, 0.6) is 0 Å². The van der Waals surface area contributed by atoms with Crippen LogP contribution in [0.15, 0.2) is 41.3 Å². The van der Waals surface area contributed by atoms with Crippen molar-refractivity contribution < 1.29 is 9.53 Å². The standard InChI is InChI=1S/C24H29N5O3S/c1-17-20(11-10-18-16-29(26-21(18)30)19-8-6-5-7-9-19)25-22(33-17)27-12-14-28(15-13-27)23(31)32-24(2,3)4/h5-11,16H,12-15H2,1-4H3,(H,26,30). The topological polar surface area (TPSA) is 83.5 Å². The Labute approximate surface area is 197 Å². The van der Waals surface area contributed by atoms with Crippen LogP contribution in [0, 0.1) is 6.92 Å². The van der Waals surface area contributed by atoms with Gasteiger partial charge in [0, 0.05) is 37.3 Å². The number of para-hydroxylation sites is 1. The molecule has 174 valence electrons. The number of hydrogen-bond acceptors (Lipinski definition) is 6. The number of hydrogen-bond donors (Lipinski definition) is 1. The van der Waals surface area contributed by atoms with Gasteiger partial charge in [-0.1, -0.05) is 18.2 Å². The van der Waals surface area contributed by atoms with Crippen LogP contribution in [0.2, 0.25) is 0 Å². The summed E-state index contributed by atoms with van der Waals surface area (Å²) in [7, 11) is 0. The number of piperazine rings is 1. The van der Waals surface area contributed by atoms with Crippen molar-refractivity contribution in [3.63, 3.8) is 0 Å². The number of aryl methyl sites for hydroxylation is 1. The van der Waals surface area contributed by atoms with E-state index in [-0.39, 0.29) is 11.7 Å². The van der Waals surface area contributed by atoms with Gasteiger partial charge in [0.2, 0.25) is 0 Å². The number of amides is 1. The third-order valence-electron chi connectivity index (χ3n) is 5.23. The van der Waals surface area contributed by atoms with E-state index in [2.05, 4.69) is 10.00 Å². The Morgan fingerprint density at radius 1 is 1.12 bits per heavy atom. The molecular weight excluding hydrogens is 438 g/mol. The highest BCUT2D eigenvalue weighted by molar-refractivity contribution is 7.15. The number of benzene rings is 1. The summed E-state index contributed by atoms with van der Waals surface area (Å²) in [4.78, 5) is 34.4. The monoisotopic (exact) mass is 467 g/mol. The molecule has 1 amide bonds. The first-order chi connectivity index (χ1) is 15.7. The predicted octanol–water partition coefficient (Wildman–Crippen LogP) is 4.16. The van der Waals surface area contributed by atoms with Crippen molar-refractivity contribution in [3.8, 4) is 5.69 Å². The lowest BCUT2D eigenvalue weighted by atomic mass is 10.2. The van der Waals surface area contributed by atoms with Crippen molar-refractivity contribution in [1.82, 2.24) is 19.7 Å². The summed E-state index contributed by atoms with van der Waals surface area (Å²) in [5, 5.41) is 3.76. The van der Waals surface area contributed by atoms with Gasteiger partial charge in [0.1, 0.15) is 5.60 Å². The number of aromatic amines is 1. The van der Waals surface area contributed by atoms with Gasteiger partial charge in [-0.3, -0.25) is 14.6 Å². The van der Waals surface area contributed by atoms with E-state index in [4.69, 9.17) is 9.72 Å². The van der Waals surface area contributed by atoms with Gasteiger partial charge in [-0.25, -0.2) is 9.78 Å². The van der Waals surface area contributed by atoms with Crippen LogP contribution in [0.1, 0.15) is 36.9 Å². The van der Waals surface area contributed by atoms with Crippen molar-refractivity contribution in [2.24, 2.45) is 0 Å². The summed E-state index contributed by atoms with van der Waals surface area (Å²) >= 11 is 1.62. The molecule has 1 aromatic carbocycles. The van der Waals surface area contributed by atoms with E-state index in [1.165, 1.54) is 0 Å². The van der Waals surface area contributed by atoms with Gasteiger partial charge in [0.15, 0.2) is 5.13 Å². The summed E-state index contributed by atoms with van der Waals surface area (Å²) < 4.78 is 7.19. The lowest BCUT2D eigenvalue weighted by Crippen LogP contribution is -2.50. The second-order valence-electron chi connectivity index (χ2n) is 8.96. The molecule has 0 bridgehead atoms. The lowest BCUT2D eigenvalue weighted by molar-refractivity contribution is 0.0240. The normalized spacial score (nSPS) is 14.8. The largest absolute Gasteiger partial charge is 0.444 e. The minimum Gasteiger partial charge on any atom is -0.444 e. The van der Waals surface area contributed by atoms with Gasteiger partial charge in [-0.15, -0.1) is 11.3 Å². The van der Waals surface area contributed by atoms with E-state index in [0.29, 0.717) is 31.7 Å². The number of rotatable bonds is 4. The third kappa shape index (κ3) is 5.54. The molecule has 33 heavy (non-hydrogen) atoms. The summed E-state index contributed by atoms with van der Waals surface area (Å²) in [5.74, 6) is 0. The molecule has 9 heteroatoms. The quantitative estimate of drug-likeness (QED) is 0.623. The van der Waals surface area contributed by atoms with Crippen LogP contribution >= 0.6 is 11.3 Å². The molecule has 0 atom stereocenters. The molecular formula is C24H29N5O3S. The maximum absolute atomic E-state index is 12.3. The lowest BCUT2D eigenvalue weighted by Gasteiger charge is -2.35. The maximum atomic E-state index is 12.3. The van der Waals surface area contributed by atoms with E-state index in [0.717, 1.165) is 21.4 Å². The Morgan fingerprint density at radius 3 is 2.48 bits per heavy atom. The molecule has 0 radical (unpaired) electrons. The number of nitrogens with one attached hydrogen (secondary N) is 1. The van der Waals surface area contributed by atoms with Crippen molar-refractivity contribution in [2.75, 3.05) is 31.1 Å². The van der Waals surface area contributed by atoms with Crippen molar-refractivity contribution in [1.29, 1.82) is 0 Å². The molecule has 1 aliphatic rings. The molecule has 2 aromatic heterocycles. The average Bonchev–Trinajstić information content (AvgIpc) is 3.34. The predicted molar refractivity (Wildman–Crippen MR) is 132 cm³/mol. The molecule has 0 unspecified atom stereocenters. The number of H-pyrrole nitrogens is 1. The number of ether oxygens (including phenoxy) is 1. The summed E-state index contributed by atoms with van der Waals surface area (Å²) in [6, 6.07) is 9.66. The second kappa shape index (κ2) is 9.27. The van der Waals surface area contributed by atoms with Crippen LogP contribution < -0.4 is 10.5 Å². The van der Waals surface area contributed by atoms with Crippen LogP contribution in [0.25, 0.3) is 17.8 Å². The SMILES string of the molecule is Cc1sc(N2CCN(C(=O)OC(C)(C)C)CC2)nc1C=Cc1cn(-c2ccccc2)[nH]c1=O. The van der Waals surface area contributed by atoms with E-state index >= 15 is 0 Å². The molecule has 1 N–H and O–H groups in total. The van der Waals surface area contributed by atoms with Crippen LogP contribution in [0.4, 0.5) is 9.93 Å². The molecule has 0 spiro atoms. The second-order valence-corrected chi connectivity index (χ2v) is 10.1. The van der Waals surface area contributed by atoms with E-state index in [1.807, 2.05) is 64.1 Å². The molecule has 8 nitrogen and oxygen atoms in total. The summed E-state index contributed by atoms with van der Waals surface area (Å²) in [6.45, 7) is 10.3. The molecule has 1 aliphatic heterocycles. The molecule has 1 fully saturated rings. The zero-order chi connectivity index (χ0) is 23.6. The Bertz CT molecular complexity index is 1190. The van der Waals surface area contributed by atoms with Gasteiger partial charge in [-0.2, -0.15) is 0 Å². The fourth-order valence-corrected chi connectivity index (χ4v) is 4.46. The van der Waals surface area contributed by atoms with Crippen molar-refractivity contribution in [3.05, 3.63) is 63.0 Å². The number of carbonyl (C=O) groups is 1. The Hall–Kier alpha value is -3.33. The highest BCUT2D eigenvalue weighted by atomic mass is 32.1. The number of nitrogens with zero attached hydrogens (tertiary/aromatic N) is 4. The number of thiazole rings is 1. The highest BCUT2D eigenvalue weighted by Gasteiger charge is 2.27. The number of aromatic nitrogens is 3. The zero-order valence-corrected chi connectivity index (χ0v) is 20.2. The minimum absolute atomic E-state index is 0.151. The Kier molecular flexibility index (Phi) is 6.42. The van der Waals surface area contributed by atoms with E-state index < -0.39 is 5.60 Å². The highest BCUT2D eigenvalue weighted by Crippen LogP contribution is 2.28. The molecule has 1 saturated heterocycles. The summed E-state index contributed by atoms with van der Waals surface area (Å²) in [6.07, 6.45) is 5.19. The van der Waals surface area contributed by atoms with Gasteiger partial charge < -0.3 is 14.5 Å². The Balaban J connectivity index is 1.42. The minimum atomic E-state index is -0.494. The van der Waals surface area contributed by atoms with Gasteiger partial charge in [-0.05, 0) is 52.0 Å². The van der Waals surface area contributed by atoms with E-state index in [9.17, 15) is 9.59 Å². The first-order valence-corrected chi connectivity index (χ1v) is 11.8. The first-order valence-electron chi connectivity index (χ1n) is 10.9. The van der Waals surface area contributed by atoms with E-state index in [1.54, 1.807) is 33.2 Å². The number of carbonyl (C=O) groups excluding carboxylic acids is 1.